The quantitative estimate of drug-likeness (QED) is 0.802. The molecule has 1 heterocycles. The van der Waals surface area contributed by atoms with Gasteiger partial charge >= 0.3 is 0 Å². The number of aryl methyl sites for hydroxylation is 1. The van der Waals surface area contributed by atoms with Crippen molar-refractivity contribution in [1.82, 2.24) is 4.98 Å². The van der Waals surface area contributed by atoms with Crippen LogP contribution in [0.4, 0.5) is 0 Å². The fourth-order valence-electron chi connectivity index (χ4n) is 1.82. The van der Waals surface area contributed by atoms with Gasteiger partial charge in [-0.3, -0.25) is 9.78 Å². The first-order valence-corrected chi connectivity index (χ1v) is 6.11. The van der Waals surface area contributed by atoms with Gasteiger partial charge in [0.2, 0.25) is 0 Å². The highest BCUT2D eigenvalue weighted by Gasteiger charge is 2.23. The summed E-state index contributed by atoms with van der Waals surface area (Å²) in [5.41, 5.74) is 1.97. The Kier molecular flexibility index (Phi) is 3.94. The smallest absolute Gasteiger partial charge is 0.185 e. The number of nitrogens with zero attached hydrogens (tertiary/aromatic N) is 2. The average molecular weight is 271 g/mol. The van der Waals surface area contributed by atoms with Crippen LogP contribution in [0.3, 0.4) is 0 Å². The van der Waals surface area contributed by atoms with Crippen molar-refractivity contribution in [3.63, 3.8) is 0 Å². The van der Waals surface area contributed by atoms with E-state index in [0.29, 0.717) is 16.1 Å². The largest absolute Gasteiger partial charge is 0.292 e. The average Bonchev–Trinajstić information content (AvgIpc) is 2.40. The number of hydrogen-bond donors (Lipinski definition) is 0. The third-order valence-corrected chi connectivity index (χ3v) is 3.13. The fraction of sp³-hybridized carbons (Fsp3) is 0.133. The summed E-state index contributed by atoms with van der Waals surface area (Å²) >= 11 is 6.07. The van der Waals surface area contributed by atoms with Gasteiger partial charge in [-0.2, -0.15) is 5.26 Å². The summed E-state index contributed by atoms with van der Waals surface area (Å²) < 4.78 is 0. The topological polar surface area (TPSA) is 53.8 Å². The van der Waals surface area contributed by atoms with Crippen LogP contribution in [0, 0.1) is 18.3 Å². The molecule has 0 spiro atoms. The van der Waals surface area contributed by atoms with E-state index in [2.05, 4.69) is 4.98 Å². The van der Waals surface area contributed by atoms with Crippen LogP contribution in [0.25, 0.3) is 0 Å². The highest BCUT2D eigenvalue weighted by molar-refractivity contribution is 6.34. The van der Waals surface area contributed by atoms with E-state index in [0.717, 1.165) is 5.56 Å². The lowest BCUT2D eigenvalue weighted by molar-refractivity contribution is 0.0979. The van der Waals surface area contributed by atoms with Gasteiger partial charge in [0, 0.05) is 18.0 Å². The molecule has 0 saturated carbocycles. The van der Waals surface area contributed by atoms with Gasteiger partial charge in [0.25, 0.3) is 0 Å². The molecule has 0 saturated heterocycles. The highest BCUT2D eigenvalue weighted by Crippen LogP contribution is 2.25. The van der Waals surface area contributed by atoms with E-state index in [-0.39, 0.29) is 5.78 Å². The van der Waals surface area contributed by atoms with Gasteiger partial charge in [-0.05, 0) is 42.3 Å². The zero-order chi connectivity index (χ0) is 13.8. The Morgan fingerprint density at radius 2 is 2.00 bits per heavy atom. The third kappa shape index (κ3) is 2.81. The Bertz CT molecular complexity index is 647. The first-order chi connectivity index (χ1) is 9.13. The minimum Gasteiger partial charge on any atom is -0.292 e. The molecule has 0 N–H and O–H groups in total. The molecule has 1 unspecified atom stereocenters. The molecular weight excluding hydrogens is 260 g/mol. The maximum absolute atomic E-state index is 12.4. The van der Waals surface area contributed by atoms with Gasteiger partial charge < -0.3 is 0 Å². The molecule has 1 atom stereocenters. The van der Waals surface area contributed by atoms with Crippen LogP contribution < -0.4 is 0 Å². The number of hydrogen-bond acceptors (Lipinski definition) is 3. The molecule has 0 aliphatic rings. The number of pyridine rings is 1. The Morgan fingerprint density at radius 3 is 2.58 bits per heavy atom. The molecule has 2 rings (SSSR count). The number of aromatic nitrogens is 1. The van der Waals surface area contributed by atoms with E-state index in [9.17, 15) is 10.1 Å². The molecule has 3 nitrogen and oxygen atoms in total. The van der Waals surface area contributed by atoms with E-state index in [1.54, 1.807) is 42.7 Å². The number of carbonyl (C=O) groups excluding carboxylic acids is 1. The van der Waals surface area contributed by atoms with Crippen molar-refractivity contribution >= 4 is 17.4 Å². The molecule has 2 aromatic rings. The van der Waals surface area contributed by atoms with Crippen LogP contribution >= 0.6 is 11.6 Å². The lowest BCUT2D eigenvalue weighted by Gasteiger charge is -2.10. The van der Waals surface area contributed by atoms with Gasteiger partial charge in [0.1, 0.15) is 5.92 Å². The van der Waals surface area contributed by atoms with Crippen molar-refractivity contribution in [3.8, 4) is 6.07 Å². The number of rotatable bonds is 3. The van der Waals surface area contributed by atoms with Crippen molar-refractivity contribution in [2.24, 2.45) is 0 Å². The molecule has 0 fully saturated rings. The van der Waals surface area contributed by atoms with Gasteiger partial charge in [0.05, 0.1) is 11.1 Å². The van der Waals surface area contributed by atoms with Crippen LogP contribution in [-0.2, 0) is 0 Å². The van der Waals surface area contributed by atoms with Crippen LogP contribution in [0.1, 0.15) is 27.4 Å². The molecule has 1 aromatic heterocycles. The molecule has 94 valence electrons. The van der Waals surface area contributed by atoms with Crippen LogP contribution in [0.15, 0.2) is 42.7 Å². The molecule has 0 bridgehead atoms. The normalized spacial score (nSPS) is 11.6. The standard InChI is InChI=1S/C15H11ClN2O/c1-10-2-3-12(14(16)8-10)15(19)13(9-17)11-4-6-18-7-5-11/h2-8,13H,1H3. The van der Waals surface area contributed by atoms with Gasteiger partial charge in [-0.25, -0.2) is 0 Å². The Labute approximate surface area is 116 Å². The number of benzene rings is 1. The molecular formula is C15H11ClN2O. The van der Waals surface area contributed by atoms with Crippen molar-refractivity contribution < 1.29 is 4.79 Å². The third-order valence-electron chi connectivity index (χ3n) is 2.82. The Morgan fingerprint density at radius 1 is 1.32 bits per heavy atom. The second-order valence-corrected chi connectivity index (χ2v) is 4.60. The molecule has 0 radical (unpaired) electrons. The molecule has 4 heteroatoms. The first kappa shape index (κ1) is 13.3. The predicted molar refractivity (Wildman–Crippen MR) is 73.1 cm³/mol. The number of nitriles is 1. The summed E-state index contributed by atoms with van der Waals surface area (Å²) in [6.45, 7) is 1.89. The Balaban J connectivity index is 2.40. The zero-order valence-corrected chi connectivity index (χ0v) is 11.1. The number of ketones is 1. The van der Waals surface area contributed by atoms with E-state index in [4.69, 9.17) is 11.6 Å². The minimum atomic E-state index is -0.858. The van der Waals surface area contributed by atoms with Crippen molar-refractivity contribution in [1.29, 1.82) is 5.26 Å². The zero-order valence-electron chi connectivity index (χ0n) is 10.3. The summed E-state index contributed by atoms with van der Waals surface area (Å²) in [7, 11) is 0. The van der Waals surface area contributed by atoms with Crippen molar-refractivity contribution in [3.05, 3.63) is 64.4 Å². The second kappa shape index (κ2) is 5.64. The highest BCUT2D eigenvalue weighted by atomic mass is 35.5. The Hall–Kier alpha value is -2.18. The van der Waals surface area contributed by atoms with E-state index in [1.165, 1.54) is 0 Å². The summed E-state index contributed by atoms with van der Waals surface area (Å²) in [4.78, 5) is 16.3. The van der Waals surface area contributed by atoms with Gasteiger partial charge in [-0.15, -0.1) is 0 Å². The van der Waals surface area contributed by atoms with E-state index < -0.39 is 5.92 Å². The van der Waals surface area contributed by atoms with Crippen LogP contribution in [0.5, 0.6) is 0 Å². The summed E-state index contributed by atoms with van der Waals surface area (Å²) in [6.07, 6.45) is 3.12. The fourth-order valence-corrected chi connectivity index (χ4v) is 2.14. The number of Topliss-reactive ketones (excluding diaryl/α,β-unsaturated/α-hetero) is 1. The number of halogens is 1. The van der Waals surface area contributed by atoms with Crippen LogP contribution in [-0.4, -0.2) is 10.8 Å². The molecule has 0 aliphatic carbocycles. The maximum Gasteiger partial charge on any atom is 0.185 e. The SMILES string of the molecule is Cc1ccc(C(=O)C(C#N)c2ccncc2)c(Cl)c1. The lowest BCUT2D eigenvalue weighted by atomic mass is 9.92. The van der Waals surface area contributed by atoms with E-state index >= 15 is 0 Å². The lowest BCUT2D eigenvalue weighted by Crippen LogP contribution is -2.12. The summed E-state index contributed by atoms with van der Waals surface area (Å²) in [6, 6.07) is 10.5. The summed E-state index contributed by atoms with van der Waals surface area (Å²) in [5, 5.41) is 9.60. The van der Waals surface area contributed by atoms with Crippen molar-refractivity contribution in [2.45, 2.75) is 12.8 Å². The minimum absolute atomic E-state index is 0.293. The monoisotopic (exact) mass is 270 g/mol. The predicted octanol–water partition coefficient (Wildman–Crippen LogP) is 3.53. The molecule has 1 aromatic carbocycles. The first-order valence-electron chi connectivity index (χ1n) is 5.73. The molecule has 0 amide bonds. The van der Waals surface area contributed by atoms with Crippen molar-refractivity contribution in [2.75, 3.05) is 0 Å². The van der Waals surface area contributed by atoms with Crippen LogP contribution in [0.2, 0.25) is 5.02 Å². The second-order valence-electron chi connectivity index (χ2n) is 4.19. The number of carbonyl (C=O) groups is 1. The summed E-state index contributed by atoms with van der Waals surface area (Å²) in [5.74, 6) is -1.15. The maximum atomic E-state index is 12.4. The van der Waals surface area contributed by atoms with E-state index in [1.807, 2.05) is 13.0 Å². The molecule has 0 aliphatic heterocycles. The van der Waals surface area contributed by atoms with Gasteiger partial charge in [0.15, 0.2) is 5.78 Å². The molecule has 19 heavy (non-hydrogen) atoms. The van der Waals surface area contributed by atoms with Gasteiger partial charge in [-0.1, -0.05) is 17.7 Å².